The molecule has 1 aromatic rings. The highest BCUT2D eigenvalue weighted by molar-refractivity contribution is 5.94. The van der Waals surface area contributed by atoms with Gasteiger partial charge in [0.1, 0.15) is 0 Å². The maximum atomic E-state index is 12.5. The number of amides is 1. The molecule has 0 spiro atoms. The van der Waals surface area contributed by atoms with Gasteiger partial charge in [0.2, 0.25) is 5.91 Å². The van der Waals surface area contributed by atoms with Crippen LogP contribution in [0, 0.1) is 23.2 Å². The lowest BCUT2D eigenvalue weighted by Crippen LogP contribution is -2.36. The largest absolute Gasteiger partial charge is 0.330 e. The molecule has 1 fully saturated rings. The Morgan fingerprint density at radius 1 is 1.42 bits per heavy atom. The average molecular weight is 257 g/mol. The van der Waals surface area contributed by atoms with Crippen LogP contribution in [0.4, 0.5) is 5.69 Å². The van der Waals surface area contributed by atoms with Gasteiger partial charge < -0.3 is 10.6 Å². The number of nitrogens with two attached hydrogens (primary N) is 1. The summed E-state index contributed by atoms with van der Waals surface area (Å²) in [4.78, 5) is 14.2. The molecule has 0 radical (unpaired) electrons. The van der Waals surface area contributed by atoms with E-state index in [0.717, 1.165) is 24.9 Å². The molecule has 2 N–H and O–H groups in total. The van der Waals surface area contributed by atoms with Crippen molar-refractivity contribution in [2.45, 2.75) is 19.3 Å². The summed E-state index contributed by atoms with van der Waals surface area (Å²) in [7, 11) is 1.79. The first-order valence-electron chi connectivity index (χ1n) is 6.65. The fourth-order valence-corrected chi connectivity index (χ4v) is 2.78. The van der Waals surface area contributed by atoms with E-state index in [1.54, 1.807) is 24.1 Å². The Morgan fingerprint density at radius 2 is 2.11 bits per heavy atom. The summed E-state index contributed by atoms with van der Waals surface area (Å²) in [6.07, 6.45) is 3.06. The van der Waals surface area contributed by atoms with Crippen molar-refractivity contribution >= 4 is 11.6 Å². The molecule has 1 saturated carbocycles. The lowest BCUT2D eigenvalue weighted by molar-refractivity contribution is -0.123. The minimum atomic E-state index is 0.0469. The number of hydrogen-bond donors (Lipinski definition) is 1. The van der Waals surface area contributed by atoms with Crippen LogP contribution in [0.15, 0.2) is 24.3 Å². The molecule has 2 unspecified atom stereocenters. The van der Waals surface area contributed by atoms with E-state index in [2.05, 4.69) is 6.07 Å². The summed E-state index contributed by atoms with van der Waals surface area (Å²) in [6, 6.07) is 9.15. The molecular formula is C15H19N3O. The highest BCUT2D eigenvalue weighted by Crippen LogP contribution is 2.33. The molecule has 2 atom stereocenters. The molecule has 0 bridgehead atoms. The van der Waals surface area contributed by atoms with Gasteiger partial charge in [0.15, 0.2) is 0 Å². The molecular weight excluding hydrogens is 238 g/mol. The van der Waals surface area contributed by atoms with E-state index in [0.29, 0.717) is 18.0 Å². The van der Waals surface area contributed by atoms with Crippen LogP contribution in [-0.2, 0) is 4.79 Å². The normalized spacial score (nSPS) is 21.9. The molecule has 0 heterocycles. The van der Waals surface area contributed by atoms with Crippen molar-refractivity contribution in [3.05, 3.63) is 29.8 Å². The van der Waals surface area contributed by atoms with Gasteiger partial charge in [-0.15, -0.1) is 0 Å². The smallest absolute Gasteiger partial charge is 0.230 e. The number of carbonyl (C=O) groups excluding carboxylic acids is 1. The summed E-state index contributed by atoms with van der Waals surface area (Å²) in [6.45, 7) is 0.581. The zero-order chi connectivity index (χ0) is 13.8. The number of anilines is 1. The number of benzene rings is 1. The predicted octanol–water partition coefficient (Wildman–Crippen LogP) is 1.90. The third-order valence-corrected chi connectivity index (χ3v) is 3.99. The number of carbonyl (C=O) groups is 1. The Hall–Kier alpha value is -1.86. The SMILES string of the molecule is CN(C(=O)C1CCCC1CN)c1ccc(C#N)cc1. The quantitative estimate of drug-likeness (QED) is 0.899. The molecule has 1 aromatic carbocycles. The van der Waals surface area contributed by atoms with Crippen LogP contribution in [-0.4, -0.2) is 19.5 Å². The molecule has 4 heteroatoms. The summed E-state index contributed by atoms with van der Waals surface area (Å²) in [5.74, 6) is 0.497. The van der Waals surface area contributed by atoms with Crippen molar-refractivity contribution < 1.29 is 4.79 Å². The Labute approximate surface area is 113 Å². The minimum Gasteiger partial charge on any atom is -0.330 e. The van der Waals surface area contributed by atoms with Gasteiger partial charge in [0.05, 0.1) is 11.6 Å². The second-order valence-electron chi connectivity index (χ2n) is 5.09. The maximum Gasteiger partial charge on any atom is 0.230 e. The highest BCUT2D eigenvalue weighted by atomic mass is 16.2. The van der Waals surface area contributed by atoms with Gasteiger partial charge in [-0.3, -0.25) is 4.79 Å². The van der Waals surface area contributed by atoms with Gasteiger partial charge in [0, 0.05) is 18.7 Å². The molecule has 4 nitrogen and oxygen atoms in total. The van der Waals surface area contributed by atoms with E-state index in [4.69, 9.17) is 11.0 Å². The molecule has 100 valence electrons. The molecule has 19 heavy (non-hydrogen) atoms. The Balaban J connectivity index is 2.12. The number of rotatable bonds is 3. The predicted molar refractivity (Wildman–Crippen MR) is 74.5 cm³/mol. The van der Waals surface area contributed by atoms with Gasteiger partial charge in [-0.25, -0.2) is 0 Å². The second-order valence-corrected chi connectivity index (χ2v) is 5.09. The fourth-order valence-electron chi connectivity index (χ4n) is 2.78. The molecule has 0 aromatic heterocycles. The first kappa shape index (κ1) is 13.6. The van der Waals surface area contributed by atoms with Crippen molar-refractivity contribution in [2.75, 3.05) is 18.5 Å². The van der Waals surface area contributed by atoms with Crippen LogP contribution in [0.3, 0.4) is 0 Å². The van der Waals surface area contributed by atoms with Crippen LogP contribution in [0.2, 0.25) is 0 Å². The third-order valence-electron chi connectivity index (χ3n) is 3.99. The first-order chi connectivity index (χ1) is 9.17. The topological polar surface area (TPSA) is 70.1 Å². The van der Waals surface area contributed by atoms with Crippen molar-refractivity contribution in [3.63, 3.8) is 0 Å². The zero-order valence-corrected chi connectivity index (χ0v) is 11.2. The molecule has 1 aliphatic rings. The van der Waals surface area contributed by atoms with Gasteiger partial charge >= 0.3 is 0 Å². The molecule has 0 saturated heterocycles. The Morgan fingerprint density at radius 3 is 2.68 bits per heavy atom. The summed E-state index contributed by atoms with van der Waals surface area (Å²) < 4.78 is 0. The van der Waals surface area contributed by atoms with Crippen molar-refractivity contribution in [3.8, 4) is 6.07 Å². The van der Waals surface area contributed by atoms with Crippen LogP contribution >= 0.6 is 0 Å². The first-order valence-corrected chi connectivity index (χ1v) is 6.65. The summed E-state index contributed by atoms with van der Waals surface area (Å²) in [5, 5.41) is 8.77. The number of nitriles is 1. The number of hydrogen-bond acceptors (Lipinski definition) is 3. The third kappa shape index (κ3) is 2.77. The van der Waals surface area contributed by atoms with E-state index >= 15 is 0 Å². The van der Waals surface area contributed by atoms with E-state index in [9.17, 15) is 4.79 Å². The van der Waals surface area contributed by atoms with E-state index in [-0.39, 0.29) is 11.8 Å². The van der Waals surface area contributed by atoms with Crippen LogP contribution < -0.4 is 10.6 Å². The van der Waals surface area contributed by atoms with Crippen LogP contribution in [0.1, 0.15) is 24.8 Å². The molecule has 1 amide bonds. The summed E-state index contributed by atoms with van der Waals surface area (Å²) >= 11 is 0. The Kier molecular flexibility index (Phi) is 4.18. The van der Waals surface area contributed by atoms with E-state index in [1.807, 2.05) is 12.1 Å². The summed E-state index contributed by atoms with van der Waals surface area (Å²) in [5.41, 5.74) is 7.16. The van der Waals surface area contributed by atoms with Gasteiger partial charge in [0.25, 0.3) is 0 Å². The van der Waals surface area contributed by atoms with Crippen LogP contribution in [0.25, 0.3) is 0 Å². The van der Waals surface area contributed by atoms with E-state index in [1.165, 1.54) is 0 Å². The average Bonchev–Trinajstić information content (AvgIpc) is 2.94. The van der Waals surface area contributed by atoms with Crippen molar-refractivity contribution in [2.24, 2.45) is 17.6 Å². The fraction of sp³-hybridized carbons (Fsp3) is 0.467. The van der Waals surface area contributed by atoms with Crippen LogP contribution in [0.5, 0.6) is 0 Å². The van der Waals surface area contributed by atoms with Crippen molar-refractivity contribution in [1.29, 1.82) is 5.26 Å². The standard InChI is InChI=1S/C15H19N3O/c1-18(13-7-5-11(9-16)6-8-13)15(19)14-4-2-3-12(14)10-17/h5-8,12,14H,2-4,10,17H2,1H3. The highest BCUT2D eigenvalue weighted by Gasteiger charge is 2.33. The molecule has 2 rings (SSSR count). The van der Waals surface area contributed by atoms with E-state index < -0.39 is 0 Å². The lowest BCUT2D eigenvalue weighted by Gasteiger charge is -2.24. The Bertz CT molecular complexity index is 489. The second kappa shape index (κ2) is 5.85. The zero-order valence-electron chi connectivity index (χ0n) is 11.2. The van der Waals surface area contributed by atoms with Gasteiger partial charge in [-0.2, -0.15) is 5.26 Å². The van der Waals surface area contributed by atoms with Gasteiger partial charge in [-0.1, -0.05) is 6.42 Å². The monoisotopic (exact) mass is 257 g/mol. The van der Waals surface area contributed by atoms with Gasteiger partial charge in [-0.05, 0) is 49.6 Å². The maximum absolute atomic E-state index is 12.5. The number of nitrogens with zero attached hydrogens (tertiary/aromatic N) is 2. The molecule has 0 aliphatic heterocycles. The molecule has 1 aliphatic carbocycles. The minimum absolute atomic E-state index is 0.0469. The van der Waals surface area contributed by atoms with Crippen molar-refractivity contribution in [1.82, 2.24) is 0 Å². The lowest BCUT2D eigenvalue weighted by atomic mass is 9.94.